The molecule has 1 unspecified atom stereocenters. The summed E-state index contributed by atoms with van der Waals surface area (Å²) in [7, 11) is 0. The molecule has 0 heterocycles. The summed E-state index contributed by atoms with van der Waals surface area (Å²) in [6, 6.07) is 0. The van der Waals surface area contributed by atoms with E-state index in [0.29, 0.717) is 4.32 Å². The smallest absolute Gasteiger partial charge is 0.0232 e. The summed E-state index contributed by atoms with van der Waals surface area (Å²) in [5.74, 6) is 0.866. The van der Waals surface area contributed by atoms with Crippen molar-refractivity contribution in [3.05, 3.63) is 0 Å². The molecular formula is C15H31Br. The fourth-order valence-electron chi connectivity index (χ4n) is 2.52. The van der Waals surface area contributed by atoms with Crippen LogP contribution in [0.25, 0.3) is 0 Å². The molecule has 1 heteroatoms. The second kappa shape index (κ2) is 9.50. The van der Waals surface area contributed by atoms with E-state index in [-0.39, 0.29) is 0 Å². The van der Waals surface area contributed by atoms with Gasteiger partial charge in [-0.3, -0.25) is 0 Å². The van der Waals surface area contributed by atoms with Gasteiger partial charge in [-0.25, -0.2) is 0 Å². The van der Waals surface area contributed by atoms with Gasteiger partial charge < -0.3 is 0 Å². The van der Waals surface area contributed by atoms with E-state index in [1.165, 1.54) is 57.8 Å². The van der Waals surface area contributed by atoms with Crippen molar-refractivity contribution in [1.29, 1.82) is 0 Å². The lowest BCUT2D eigenvalue weighted by Gasteiger charge is -2.26. The van der Waals surface area contributed by atoms with Crippen molar-refractivity contribution in [2.75, 3.05) is 0 Å². The summed E-state index contributed by atoms with van der Waals surface area (Å²) in [5, 5.41) is 0. The lowest BCUT2D eigenvalue weighted by atomic mass is 9.90. The first-order valence-electron chi connectivity index (χ1n) is 7.20. The van der Waals surface area contributed by atoms with Gasteiger partial charge in [0, 0.05) is 4.32 Å². The number of hydrogen-bond acceptors (Lipinski definition) is 0. The third kappa shape index (κ3) is 9.69. The molecule has 0 aromatic rings. The molecule has 0 aromatic heterocycles. The number of hydrogen-bond donors (Lipinski definition) is 0. The minimum absolute atomic E-state index is 0.383. The molecule has 0 nitrogen and oxygen atoms in total. The van der Waals surface area contributed by atoms with Gasteiger partial charge >= 0.3 is 0 Å². The number of unbranched alkanes of at least 4 members (excludes halogenated alkanes) is 4. The zero-order chi connectivity index (χ0) is 12.4. The van der Waals surface area contributed by atoms with Gasteiger partial charge in [-0.15, -0.1) is 0 Å². The summed E-state index contributed by atoms with van der Waals surface area (Å²) in [6.45, 7) is 9.33. The monoisotopic (exact) mass is 290 g/mol. The second-order valence-electron chi connectivity index (χ2n) is 5.68. The Hall–Kier alpha value is 0.480. The van der Waals surface area contributed by atoms with Crippen molar-refractivity contribution >= 4 is 15.9 Å². The van der Waals surface area contributed by atoms with Crippen LogP contribution in [0.2, 0.25) is 0 Å². The van der Waals surface area contributed by atoms with Crippen molar-refractivity contribution in [1.82, 2.24) is 0 Å². The molecule has 0 spiro atoms. The SMILES string of the molecule is CCCCCCCC(C)(Br)C[C@H](C)CCC. The molecule has 0 amide bonds. The predicted octanol–water partition coefficient (Wildman–Crippen LogP) is 6.33. The Bertz CT molecular complexity index is 152. The Balaban J connectivity index is 3.60. The van der Waals surface area contributed by atoms with Crippen molar-refractivity contribution in [2.45, 2.75) is 89.8 Å². The van der Waals surface area contributed by atoms with Gasteiger partial charge in [0.2, 0.25) is 0 Å². The van der Waals surface area contributed by atoms with Crippen LogP contribution in [-0.4, -0.2) is 4.32 Å². The molecule has 98 valence electrons. The maximum atomic E-state index is 3.92. The minimum Gasteiger partial charge on any atom is -0.0856 e. The highest BCUT2D eigenvalue weighted by Gasteiger charge is 2.22. The summed E-state index contributed by atoms with van der Waals surface area (Å²) in [6.07, 6.45) is 12.3. The van der Waals surface area contributed by atoms with Crippen LogP contribution < -0.4 is 0 Å². The van der Waals surface area contributed by atoms with Crippen LogP contribution in [0.1, 0.15) is 85.5 Å². The Morgan fingerprint density at radius 1 is 1.00 bits per heavy atom. The molecule has 0 bridgehead atoms. The minimum atomic E-state index is 0.383. The van der Waals surface area contributed by atoms with Crippen LogP contribution in [0, 0.1) is 5.92 Å². The van der Waals surface area contributed by atoms with Gasteiger partial charge in [0.25, 0.3) is 0 Å². The average Bonchev–Trinajstić information content (AvgIpc) is 2.16. The van der Waals surface area contributed by atoms with E-state index < -0.39 is 0 Å². The van der Waals surface area contributed by atoms with Crippen molar-refractivity contribution < 1.29 is 0 Å². The molecule has 0 saturated heterocycles. The highest BCUT2D eigenvalue weighted by molar-refractivity contribution is 9.10. The fourth-order valence-corrected chi connectivity index (χ4v) is 3.35. The van der Waals surface area contributed by atoms with Crippen LogP contribution in [0.3, 0.4) is 0 Å². The van der Waals surface area contributed by atoms with E-state index in [2.05, 4.69) is 43.6 Å². The van der Waals surface area contributed by atoms with Gasteiger partial charge in [0.1, 0.15) is 0 Å². The summed E-state index contributed by atoms with van der Waals surface area (Å²) in [4.78, 5) is 0. The van der Waals surface area contributed by atoms with E-state index in [0.717, 1.165) is 5.92 Å². The second-order valence-corrected chi connectivity index (χ2v) is 7.59. The van der Waals surface area contributed by atoms with E-state index in [9.17, 15) is 0 Å². The van der Waals surface area contributed by atoms with Crippen molar-refractivity contribution in [2.24, 2.45) is 5.92 Å². The number of rotatable bonds is 10. The molecule has 0 rings (SSSR count). The van der Waals surface area contributed by atoms with Crippen LogP contribution in [0.15, 0.2) is 0 Å². The first kappa shape index (κ1) is 16.5. The van der Waals surface area contributed by atoms with Gasteiger partial charge in [-0.05, 0) is 25.7 Å². The maximum absolute atomic E-state index is 3.92. The highest BCUT2D eigenvalue weighted by atomic mass is 79.9. The Morgan fingerprint density at radius 3 is 2.19 bits per heavy atom. The summed E-state index contributed by atoms with van der Waals surface area (Å²) >= 11 is 3.92. The van der Waals surface area contributed by atoms with Crippen molar-refractivity contribution in [3.8, 4) is 0 Å². The largest absolute Gasteiger partial charge is 0.0856 e. The zero-order valence-corrected chi connectivity index (χ0v) is 13.4. The van der Waals surface area contributed by atoms with Crippen LogP contribution in [-0.2, 0) is 0 Å². The third-order valence-electron chi connectivity index (χ3n) is 3.36. The average molecular weight is 291 g/mol. The maximum Gasteiger partial charge on any atom is 0.0232 e. The molecule has 0 aliphatic heterocycles. The molecule has 0 radical (unpaired) electrons. The Morgan fingerprint density at radius 2 is 1.62 bits per heavy atom. The molecule has 0 aromatic carbocycles. The van der Waals surface area contributed by atoms with Crippen molar-refractivity contribution in [3.63, 3.8) is 0 Å². The third-order valence-corrected chi connectivity index (χ3v) is 4.08. The van der Waals surface area contributed by atoms with Gasteiger partial charge in [-0.1, -0.05) is 81.6 Å². The molecular weight excluding hydrogens is 260 g/mol. The molecule has 2 atom stereocenters. The number of halogens is 1. The molecule has 0 aliphatic carbocycles. The zero-order valence-electron chi connectivity index (χ0n) is 11.8. The lowest BCUT2D eigenvalue weighted by molar-refractivity contribution is 0.399. The standard InChI is InChI=1S/C15H31Br/c1-5-7-8-9-10-12-15(4,16)13-14(3)11-6-2/h14H,5-13H2,1-4H3/t14-,15?/m1/s1. The molecule has 0 fully saturated rings. The van der Waals surface area contributed by atoms with E-state index >= 15 is 0 Å². The normalized spacial score (nSPS) is 17.1. The molecule has 0 aliphatic rings. The summed E-state index contributed by atoms with van der Waals surface area (Å²) < 4.78 is 0.383. The number of alkyl halides is 1. The van der Waals surface area contributed by atoms with E-state index in [1.54, 1.807) is 0 Å². The van der Waals surface area contributed by atoms with E-state index in [4.69, 9.17) is 0 Å². The molecule has 0 N–H and O–H groups in total. The molecule has 16 heavy (non-hydrogen) atoms. The highest BCUT2D eigenvalue weighted by Crippen LogP contribution is 2.33. The Kier molecular flexibility index (Phi) is 9.79. The molecule has 0 saturated carbocycles. The van der Waals surface area contributed by atoms with E-state index in [1.807, 2.05) is 0 Å². The van der Waals surface area contributed by atoms with Gasteiger partial charge in [0.15, 0.2) is 0 Å². The quantitative estimate of drug-likeness (QED) is 0.326. The Labute approximate surface area is 112 Å². The first-order valence-corrected chi connectivity index (χ1v) is 8.00. The lowest BCUT2D eigenvalue weighted by Crippen LogP contribution is -2.19. The van der Waals surface area contributed by atoms with Gasteiger partial charge in [0.05, 0.1) is 0 Å². The van der Waals surface area contributed by atoms with Crippen LogP contribution in [0.5, 0.6) is 0 Å². The topological polar surface area (TPSA) is 0 Å². The van der Waals surface area contributed by atoms with Crippen LogP contribution in [0.4, 0.5) is 0 Å². The first-order chi connectivity index (χ1) is 7.52. The summed E-state index contributed by atoms with van der Waals surface area (Å²) in [5.41, 5.74) is 0. The predicted molar refractivity (Wildman–Crippen MR) is 79.4 cm³/mol. The fraction of sp³-hybridized carbons (Fsp3) is 1.00. The van der Waals surface area contributed by atoms with Crippen LogP contribution >= 0.6 is 15.9 Å². The van der Waals surface area contributed by atoms with Gasteiger partial charge in [-0.2, -0.15) is 0 Å².